The van der Waals surface area contributed by atoms with E-state index in [-0.39, 0.29) is 11.7 Å². The summed E-state index contributed by atoms with van der Waals surface area (Å²) >= 11 is 0. The van der Waals surface area contributed by atoms with Crippen LogP contribution in [0.1, 0.15) is 23.5 Å². The van der Waals surface area contributed by atoms with E-state index in [2.05, 4.69) is 11.1 Å². The van der Waals surface area contributed by atoms with Crippen LogP contribution in [0.4, 0.5) is 11.4 Å². The van der Waals surface area contributed by atoms with Gasteiger partial charge in [0.1, 0.15) is 0 Å². The Kier molecular flexibility index (Phi) is 3.69. The van der Waals surface area contributed by atoms with Crippen LogP contribution in [-0.2, 0) is 10.2 Å². The van der Waals surface area contributed by atoms with Crippen LogP contribution in [0.5, 0.6) is 0 Å². The molecule has 4 N–H and O–H groups in total. The number of nitrogens with zero attached hydrogens (tertiary/aromatic N) is 1. The van der Waals surface area contributed by atoms with E-state index in [0.29, 0.717) is 18.5 Å². The number of nitro groups is 1. The lowest BCUT2D eigenvalue weighted by Crippen LogP contribution is -2.69. The highest BCUT2D eigenvalue weighted by Gasteiger charge is 2.66. The summed E-state index contributed by atoms with van der Waals surface area (Å²) in [6.07, 6.45) is 0.693. The lowest BCUT2D eigenvalue weighted by Gasteiger charge is -2.58. The van der Waals surface area contributed by atoms with E-state index in [0.717, 1.165) is 11.3 Å². The van der Waals surface area contributed by atoms with Gasteiger partial charge >= 0.3 is 0 Å². The topological polar surface area (TPSA) is 123 Å². The summed E-state index contributed by atoms with van der Waals surface area (Å²) in [5, 5.41) is 26.5. The molecule has 1 aliphatic heterocycles. The van der Waals surface area contributed by atoms with Crippen molar-refractivity contribution >= 4 is 17.3 Å². The third kappa shape index (κ3) is 2.07. The minimum atomic E-state index is -1.13. The number of aliphatic carboxylic acids is 1. The van der Waals surface area contributed by atoms with Crippen LogP contribution < -0.4 is 16.2 Å². The molecule has 26 heavy (non-hydrogen) atoms. The number of rotatable bonds is 5. The van der Waals surface area contributed by atoms with Gasteiger partial charge in [-0.15, -0.1) is 0 Å². The van der Waals surface area contributed by atoms with Crippen molar-refractivity contribution < 1.29 is 20.6 Å². The fourth-order valence-electron chi connectivity index (χ4n) is 4.99. The summed E-state index contributed by atoms with van der Waals surface area (Å²) in [4.78, 5) is 22.7. The van der Waals surface area contributed by atoms with Gasteiger partial charge < -0.3 is 21.0 Å². The SMILES string of the molecule is [NH3+]CC[C@]12c3ccccc3N[C@H]1[C@H](C(=O)[O-])[C@H]2c1cccc([N+](=O)[O-])c1. The summed E-state index contributed by atoms with van der Waals surface area (Å²) in [5.41, 5.74) is 6.14. The Morgan fingerprint density at radius 1 is 1.23 bits per heavy atom. The molecule has 2 aromatic carbocycles. The quantitative estimate of drug-likeness (QED) is 0.596. The maximum absolute atomic E-state index is 11.9. The molecular formula is C19H19N3O4. The van der Waals surface area contributed by atoms with Gasteiger partial charge in [0.15, 0.2) is 0 Å². The van der Waals surface area contributed by atoms with Crippen LogP contribution in [0.2, 0.25) is 0 Å². The molecule has 0 amide bonds. The first-order valence-electron chi connectivity index (χ1n) is 8.61. The Morgan fingerprint density at radius 2 is 2.00 bits per heavy atom. The highest BCUT2D eigenvalue weighted by molar-refractivity contribution is 5.80. The first-order valence-corrected chi connectivity index (χ1v) is 8.61. The molecule has 1 aliphatic carbocycles. The number of nitrogens with one attached hydrogen (secondary N) is 1. The Balaban J connectivity index is 1.89. The average molecular weight is 353 g/mol. The first-order chi connectivity index (χ1) is 12.5. The van der Waals surface area contributed by atoms with E-state index in [1.165, 1.54) is 12.1 Å². The molecule has 4 atom stereocenters. The minimum absolute atomic E-state index is 0.0351. The maximum atomic E-state index is 11.9. The predicted molar refractivity (Wildman–Crippen MR) is 92.2 cm³/mol. The number of carbonyl (C=O) groups excluding carboxylic acids is 1. The minimum Gasteiger partial charge on any atom is -0.550 e. The first kappa shape index (κ1) is 16.5. The summed E-state index contributed by atoms with van der Waals surface area (Å²) < 4.78 is 0. The monoisotopic (exact) mass is 353 g/mol. The molecule has 2 aromatic rings. The second-order valence-corrected chi connectivity index (χ2v) is 6.99. The van der Waals surface area contributed by atoms with E-state index < -0.39 is 28.1 Å². The van der Waals surface area contributed by atoms with E-state index in [1.807, 2.05) is 24.3 Å². The van der Waals surface area contributed by atoms with Crippen LogP contribution in [-0.4, -0.2) is 23.5 Å². The normalized spacial score (nSPS) is 28.4. The van der Waals surface area contributed by atoms with Crippen molar-refractivity contribution in [1.29, 1.82) is 0 Å². The Morgan fingerprint density at radius 3 is 2.69 bits per heavy atom. The number of carboxylic acids is 1. The number of anilines is 1. The van der Waals surface area contributed by atoms with Gasteiger partial charge in [0, 0.05) is 53.5 Å². The molecule has 7 heteroatoms. The van der Waals surface area contributed by atoms with Gasteiger partial charge in [-0.05, 0) is 17.2 Å². The summed E-state index contributed by atoms with van der Waals surface area (Å²) in [6.45, 7) is 0.637. The van der Waals surface area contributed by atoms with Crippen molar-refractivity contribution in [2.24, 2.45) is 5.92 Å². The molecule has 0 unspecified atom stereocenters. The maximum Gasteiger partial charge on any atom is 0.269 e. The fourth-order valence-corrected chi connectivity index (χ4v) is 4.99. The van der Waals surface area contributed by atoms with Gasteiger partial charge in [-0.2, -0.15) is 0 Å². The number of para-hydroxylation sites is 1. The number of fused-ring (bicyclic) bond motifs is 3. The molecule has 7 nitrogen and oxygen atoms in total. The van der Waals surface area contributed by atoms with Crippen LogP contribution >= 0.6 is 0 Å². The van der Waals surface area contributed by atoms with Crippen molar-refractivity contribution in [3.8, 4) is 0 Å². The van der Waals surface area contributed by atoms with E-state index in [4.69, 9.17) is 0 Å². The van der Waals surface area contributed by atoms with Crippen molar-refractivity contribution in [3.05, 3.63) is 69.8 Å². The zero-order valence-electron chi connectivity index (χ0n) is 14.1. The second-order valence-electron chi connectivity index (χ2n) is 6.99. The molecule has 1 saturated carbocycles. The fraction of sp³-hybridized carbons (Fsp3) is 0.316. The smallest absolute Gasteiger partial charge is 0.269 e. The van der Waals surface area contributed by atoms with Gasteiger partial charge in [-0.25, -0.2) is 0 Å². The van der Waals surface area contributed by atoms with Gasteiger partial charge in [-0.1, -0.05) is 30.3 Å². The van der Waals surface area contributed by atoms with Gasteiger partial charge in [0.05, 0.1) is 11.5 Å². The van der Waals surface area contributed by atoms with Crippen LogP contribution in [0.25, 0.3) is 0 Å². The van der Waals surface area contributed by atoms with Gasteiger partial charge in [0.2, 0.25) is 0 Å². The number of carboxylic acid groups (broad SMARTS) is 1. The molecule has 0 saturated heterocycles. The summed E-state index contributed by atoms with van der Waals surface area (Å²) in [6, 6.07) is 13.8. The highest BCUT2D eigenvalue weighted by atomic mass is 16.6. The highest BCUT2D eigenvalue weighted by Crippen LogP contribution is 2.65. The molecule has 1 fully saturated rings. The standard InChI is InChI=1S/C19H19N3O4/c20-9-8-19-13-6-1-2-7-14(13)21-17(19)15(18(23)24)16(19)11-4-3-5-12(10-11)22(25)26/h1-7,10,15-17,21H,8-9,20H2,(H,23,24)/t15-,16-,17+,19-/m1/s1. The molecule has 4 rings (SSSR count). The zero-order valence-corrected chi connectivity index (χ0v) is 14.1. The molecule has 1 heterocycles. The third-order valence-electron chi connectivity index (χ3n) is 5.87. The van der Waals surface area contributed by atoms with E-state index in [1.54, 1.807) is 12.1 Å². The Labute approximate surface area is 150 Å². The van der Waals surface area contributed by atoms with Gasteiger partial charge in [0.25, 0.3) is 5.69 Å². The van der Waals surface area contributed by atoms with Gasteiger partial charge in [-0.3, -0.25) is 10.1 Å². The number of benzene rings is 2. The van der Waals surface area contributed by atoms with E-state index >= 15 is 0 Å². The largest absolute Gasteiger partial charge is 0.550 e. The number of hydrogen-bond acceptors (Lipinski definition) is 5. The number of nitro benzene ring substituents is 1. The average Bonchev–Trinajstić information content (AvgIpc) is 2.87. The number of carbonyl (C=O) groups is 1. The van der Waals surface area contributed by atoms with Crippen LogP contribution in [0.3, 0.4) is 0 Å². The summed E-state index contributed by atoms with van der Waals surface area (Å²) in [7, 11) is 0. The Bertz CT molecular complexity index is 900. The lowest BCUT2D eigenvalue weighted by atomic mass is 9.46. The molecule has 0 radical (unpaired) electrons. The molecule has 0 spiro atoms. The molecule has 0 bridgehead atoms. The third-order valence-corrected chi connectivity index (χ3v) is 5.87. The molecule has 2 aliphatic rings. The van der Waals surface area contributed by atoms with Crippen molar-refractivity contribution in [2.45, 2.75) is 23.8 Å². The van der Waals surface area contributed by atoms with Crippen molar-refractivity contribution in [1.82, 2.24) is 0 Å². The lowest BCUT2D eigenvalue weighted by molar-refractivity contribution is -0.385. The van der Waals surface area contributed by atoms with Crippen LogP contribution in [0, 0.1) is 16.0 Å². The predicted octanol–water partition coefficient (Wildman–Crippen LogP) is 0.422. The zero-order chi connectivity index (χ0) is 18.5. The molecular weight excluding hydrogens is 334 g/mol. The second kappa shape index (κ2) is 5.81. The molecule has 134 valence electrons. The number of quaternary nitrogens is 1. The molecule has 0 aromatic heterocycles. The van der Waals surface area contributed by atoms with E-state index in [9.17, 15) is 20.0 Å². The number of hydrogen-bond donors (Lipinski definition) is 2. The van der Waals surface area contributed by atoms with Crippen molar-refractivity contribution in [2.75, 3.05) is 11.9 Å². The summed E-state index contributed by atoms with van der Waals surface area (Å²) in [5.74, 6) is -2.28. The number of non-ortho nitro benzene ring substituents is 1. The van der Waals surface area contributed by atoms with Crippen molar-refractivity contribution in [3.63, 3.8) is 0 Å². The Hall–Kier alpha value is -2.93. The van der Waals surface area contributed by atoms with Crippen LogP contribution in [0.15, 0.2) is 48.5 Å².